The number of methoxy groups -OCH3 is 1. The first-order valence-corrected chi connectivity index (χ1v) is 7.80. The van der Waals surface area contributed by atoms with Crippen molar-refractivity contribution in [2.75, 3.05) is 20.3 Å². The molecule has 0 saturated carbocycles. The van der Waals surface area contributed by atoms with Gasteiger partial charge >= 0.3 is 6.61 Å². The van der Waals surface area contributed by atoms with Crippen LogP contribution in [0.15, 0.2) is 23.3 Å². The molecule has 1 aliphatic heterocycles. The molecule has 0 aromatic heterocycles. The predicted octanol–water partition coefficient (Wildman–Crippen LogP) is 2.27. The lowest BCUT2D eigenvalue weighted by Gasteiger charge is -2.12. The topological polar surface area (TPSA) is 64.1 Å². The third kappa shape index (κ3) is 5.89. The number of thiocarbonyl (C=S) groups is 1. The summed E-state index contributed by atoms with van der Waals surface area (Å²) in [5.74, 6) is 0.157. The van der Waals surface area contributed by atoms with Crippen LogP contribution < -0.4 is 20.2 Å². The van der Waals surface area contributed by atoms with E-state index in [1.807, 2.05) is 0 Å². The third-order valence-electron chi connectivity index (χ3n) is 3.30. The number of ether oxygens (including phenoxy) is 3. The van der Waals surface area contributed by atoms with E-state index in [1.54, 1.807) is 6.07 Å². The Balaban J connectivity index is 1.85. The number of rotatable bonds is 7. The Morgan fingerprint density at radius 3 is 3.00 bits per heavy atom. The fourth-order valence-electron chi connectivity index (χ4n) is 2.18. The highest BCUT2D eigenvalue weighted by molar-refractivity contribution is 7.80. The monoisotopic (exact) mass is 359 g/mol. The summed E-state index contributed by atoms with van der Waals surface area (Å²) in [7, 11) is 1.38. The van der Waals surface area contributed by atoms with Gasteiger partial charge in [0.15, 0.2) is 16.6 Å². The van der Waals surface area contributed by atoms with E-state index in [-0.39, 0.29) is 17.6 Å². The van der Waals surface area contributed by atoms with E-state index in [9.17, 15) is 8.78 Å². The maximum absolute atomic E-state index is 12.4. The Labute approximate surface area is 144 Å². The van der Waals surface area contributed by atoms with Gasteiger partial charge in [0, 0.05) is 13.2 Å². The van der Waals surface area contributed by atoms with Crippen LogP contribution in [0.2, 0.25) is 0 Å². The van der Waals surface area contributed by atoms with Crippen LogP contribution in [-0.4, -0.2) is 44.3 Å². The van der Waals surface area contributed by atoms with E-state index in [4.69, 9.17) is 21.7 Å². The first-order chi connectivity index (χ1) is 11.6. The van der Waals surface area contributed by atoms with E-state index in [0.29, 0.717) is 17.2 Å². The molecule has 1 saturated heterocycles. The molecule has 0 radical (unpaired) electrons. The highest BCUT2D eigenvalue weighted by Crippen LogP contribution is 2.28. The number of halogens is 2. The molecule has 1 aromatic rings. The van der Waals surface area contributed by atoms with E-state index < -0.39 is 6.61 Å². The fourth-order valence-corrected chi connectivity index (χ4v) is 2.31. The predicted molar refractivity (Wildman–Crippen MR) is 89.9 cm³/mol. The highest BCUT2D eigenvalue weighted by Gasteiger charge is 2.15. The van der Waals surface area contributed by atoms with Gasteiger partial charge in [0.1, 0.15) is 0 Å². The van der Waals surface area contributed by atoms with Crippen molar-refractivity contribution in [2.24, 2.45) is 5.10 Å². The van der Waals surface area contributed by atoms with Crippen LogP contribution in [0.3, 0.4) is 0 Å². The lowest BCUT2D eigenvalue weighted by Crippen LogP contribution is -2.37. The van der Waals surface area contributed by atoms with Crippen molar-refractivity contribution in [2.45, 2.75) is 25.6 Å². The minimum Gasteiger partial charge on any atom is -0.493 e. The van der Waals surface area contributed by atoms with Crippen LogP contribution in [0.5, 0.6) is 11.5 Å². The highest BCUT2D eigenvalue weighted by atomic mass is 32.1. The lowest BCUT2D eigenvalue weighted by atomic mass is 10.2. The molecule has 1 aliphatic rings. The SMILES string of the molecule is COc1ccc(/C=N\NC(=S)NC[C@@H]2CCCO2)cc1OC(F)F. The lowest BCUT2D eigenvalue weighted by molar-refractivity contribution is -0.0512. The average molecular weight is 359 g/mol. The number of nitrogens with one attached hydrogen (secondary N) is 2. The Morgan fingerprint density at radius 1 is 1.50 bits per heavy atom. The van der Waals surface area contributed by atoms with E-state index in [2.05, 4.69) is 20.6 Å². The van der Waals surface area contributed by atoms with Crippen LogP contribution in [0, 0.1) is 0 Å². The van der Waals surface area contributed by atoms with E-state index >= 15 is 0 Å². The van der Waals surface area contributed by atoms with Crippen molar-refractivity contribution in [3.63, 3.8) is 0 Å². The van der Waals surface area contributed by atoms with Crippen molar-refractivity contribution < 1.29 is 23.0 Å². The first-order valence-electron chi connectivity index (χ1n) is 7.40. The largest absolute Gasteiger partial charge is 0.493 e. The Hall–Kier alpha value is -2.00. The van der Waals surface area contributed by atoms with Crippen molar-refractivity contribution in [1.29, 1.82) is 0 Å². The average Bonchev–Trinajstić information content (AvgIpc) is 3.06. The number of nitrogens with zero attached hydrogens (tertiary/aromatic N) is 1. The molecular formula is C15H19F2N3O3S. The summed E-state index contributed by atoms with van der Waals surface area (Å²) in [5, 5.41) is 7.32. The summed E-state index contributed by atoms with van der Waals surface area (Å²) in [6, 6.07) is 4.58. The maximum atomic E-state index is 12.4. The summed E-state index contributed by atoms with van der Waals surface area (Å²) in [6.45, 7) is -1.53. The molecule has 24 heavy (non-hydrogen) atoms. The molecule has 0 amide bonds. The Bertz CT molecular complexity index is 581. The summed E-state index contributed by atoms with van der Waals surface area (Å²) in [5.41, 5.74) is 3.21. The smallest absolute Gasteiger partial charge is 0.387 e. The van der Waals surface area contributed by atoms with Crippen LogP contribution in [0.4, 0.5) is 8.78 Å². The van der Waals surface area contributed by atoms with Gasteiger partial charge in [-0.15, -0.1) is 0 Å². The quantitative estimate of drug-likeness (QED) is 0.442. The molecule has 2 rings (SSSR count). The van der Waals surface area contributed by atoms with Crippen molar-refractivity contribution in [3.05, 3.63) is 23.8 Å². The number of hydrazone groups is 1. The van der Waals surface area contributed by atoms with Gasteiger partial charge in [0.25, 0.3) is 0 Å². The number of hydrogen-bond acceptors (Lipinski definition) is 5. The van der Waals surface area contributed by atoms with Gasteiger partial charge in [-0.25, -0.2) is 0 Å². The Morgan fingerprint density at radius 2 is 2.33 bits per heavy atom. The second-order valence-electron chi connectivity index (χ2n) is 5.00. The molecule has 0 unspecified atom stereocenters. The fraction of sp³-hybridized carbons (Fsp3) is 0.467. The summed E-state index contributed by atoms with van der Waals surface area (Å²) < 4.78 is 39.6. The third-order valence-corrected chi connectivity index (χ3v) is 3.53. The molecule has 9 heteroatoms. The molecule has 132 valence electrons. The summed E-state index contributed by atoms with van der Waals surface area (Å²) in [6.07, 6.45) is 3.69. The molecule has 1 atom stereocenters. The maximum Gasteiger partial charge on any atom is 0.387 e. The molecule has 2 N–H and O–H groups in total. The van der Waals surface area contributed by atoms with Crippen molar-refractivity contribution >= 4 is 23.5 Å². The van der Waals surface area contributed by atoms with Gasteiger partial charge in [-0.2, -0.15) is 13.9 Å². The van der Waals surface area contributed by atoms with Gasteiger partial charge in [0.2, 0.25) is 0 Å². The van der Waals surface area contributed by atoms with Crippen LogP contribution in [0.1, 0.15) is 18.4 Å². The first kappa shape index (κ1) is 18.3. The molecule has 0 spiro atoms. The molecule has 0 bridgehead atoms. The van der Waals surface area contributed by atoms with Gasteiger partial charge in [-0.05, 0) is 48.8 Å². The van der Waals surface area contributed by atoms with Crippen LogP contribution in [-0.2, 0) is 4.74 Å². The van der Waals surface area contributed by atoms with E-state index in [1.165, 1.54) is 25.5 Å². The Kier molecular flexibility index (Phi) is 7.13. The summed E-state index contributed by atoms with van der Waals surface area (Å²) in [4.78, 5) is 0. The van der Waals surface area contributed by atoms with Crippen LogP contribution >= 0.6 is 12.2 Å². The zero-order chi connectivity index (χ0) is 17.4. The van der Waals surface area contributed by atoms with Crippen LogP contribution in [0.25, 0.3) is 0 Å². The number of alkyl halides is 2. The molecule has 1 aromatic carbocycles. The molecule has 6 nitrogen and oxygen atoms in total. The minimum absolute atomic E-state index is 0.0597. The molecule has 1 fully saturated rings. The van der Waals surface area contributed by atoms with E-state index in [0.717, 1.165) is 19.4 Å². The second kappa shape index (κ2) is 9.33. The van der Waals surface area contributed by atoms with Gasteiger partial charge < -0.3 is 19.5 Å². The number of hydrogen-bond donors (Lipinski definition) is 2. The minimum atomic E-state index is -2.93. The van der Waals surface area contributed by atoms with Crippen molar-refractivity contribution in [1.82, 2.24) is 10.7 Å². The summed E-state index contributed by atoms with van der Waals surface area (Å²) >= 11 is 5.09. The zero-order valence-corrected chi connectivity index (χ0v) is 13.9. The zero-order valence-electron chi connectivity index (χ0n) is 13.1. The van der Waals surface area contributed by atoms with Crippen molar-refractivity contribution in [3.8, 4) is 11.5 Å². The van der Waals surface area contributed by atoms with Gasteiger partial charge in [0.05, 0.1) is 19.4 Å². The number of benzene rings is 1. The van der Waals surface area contributed by atoms with Gasteiger partial charge in [-0.1, -0.05) is 0 Å². The normalized spacial score (nSPS) is 17.2. The van der Waals surface area contributed by atoms with Gasteiger partial charge in [-0.3, -0.25) is 5.43 Å². The molecule has 0 aliphatic carbocycles. The standard InChI is InChI=1S/C15H19F2N3O3S/c1-21-12-5-4-10(7-13(12)23-14(16)17)8-19-20-15(24)18-9-11-3-2-6-22-11/h4-5,7-8,11,14H,2-3,6,9H2,1H3,(H2,18,20,24)/b19-8-/t11-/m0/s1. The molecule has 1 heterocycles. The second-order valence-corrected chi connectivity index (χ2v) is 5.41. The molecular weight excluding hydrogens is 340 g/mol.